The Hall–Kier alpha value is -0.440. The average molecular weight is 246 g/mol. The smallest absolute Gasteiger partial charge is 0.144 e. The lowest BCUT2D eigenvalue weighted by molar-refractivity contribution is 0.193. The predicted molar refractivity (Wildman–Crippen MR) is 62.9 cm³/mol. The van der Waals surface area contributed by atoms with Gasteiger partial charge in [-0.15, -0.1) is 0 Å². The zero-order valence-corrected chi connectivity index (χ0v) is 10.2. The lowest BCUT2D eigenvalue weighted by Gasteiger charge is -2.31. The van der Waals surface area contributed by atoms with Crippen molar-refractivity contribution in [2.45, 2.75) is 13.0 Å². The zero-order valence-electron chi connectivity index (χ0n) is 8.68. The quantitative estimate of drug-likeness (QED) is 0.820. The summed E-state index contributed by atoms with van der Waals surface area (Å²) in [6.07, 6.45) is 0. The van der Waals surface area contributed by atoms with Gasteiger partial charge in [0, 0.05) is 17.5 Å². The van der Waals surface area contributed by atoms with Crippen molar-refractivity contribution in [3.05, 3.63) is 27.7 Å². The van der Waals surface area contributed by atoms with Crippen LogP contribution in [0.3, 0.4) is 0 Å². The third-order valence-electron chi connectivity index (χ3n) is 2.79. The Labute approximate surface area is 99.5 Å². The van der Waals surface area contributed by atoms with Crippen LogP contribution in [-0.2, 0) is 0 Å². The number of rotatable bonds is 1. The number of hydrogen-bond donors (Lipinski definition) is 1. The molecule has 1 aromatic rings. The Bertz CT molecular complexity index is 381. The Morgan fingerprint density at radius 2 is 2.13 bits per heavy atom. The molecule has 0 saturated heterocycles. The van der Waals surface area contributed by atoms with Gasteiger partial charge in [-0.3, -0.25) is 0 Å². The van der Waals surface area contributed by atoms with E-state index >= 15 is 0 Å². The fourth-order valence-electron chi connectivity index (χ4n) is 2.00. The molecule has 1 N–H and O–H groups in total. The van der Waals surface area contributed by atoms with Crippen LogP contribution in [0, 0.1) is 5.92 Å². The van der Waals surface area contributed by atoms with Crippen molar-refractivity contribution in [2.75, 3.05) is 13.7 Å². The molecule has 15 heavy (non-hydrogen) atoms. The Morgan fingerprint density at radius 1 is 1.40 bits per heavy atom. The summed E-state index contributed by atoms with van der Waals surface area (Å²) < 4.78 is 5.62. The molecule has 1 aliphatic heterocycles. The van der Waals surface area contributed by atoms with Crippen molar-refractivity contribution in [2.24, 2.45) is 5.92 Å². The van der Waals surface area contributed by atoms with Crippen LogP contribution in [0.15, 0.2) is 12.1 Å². The minimum Gasteiger partial charge on any atom is -0.491 e. The molecule has 0 spiro atoms. The molecule has 0 radical (unpaired) electrons. The first-order valence-corrected chi connectivity index (χ1v) is 5.68. The van der Waals surface area contributed by atoms with Gasteiger partial charge >= 0.3 is 0 Å². The summed E-state index contributed by atoms with van der Waals surface area (Å²) >= 11 is 12.0. The normalized spacial score (nSPS) is 24.5. The molecular weight excluding hydrogens is 233 g/mol. The molecule has 2 atom stereocenters. The molecule has 1 heterocycles. The number of benzene rings is 1. The van der Waals surface area contributed by atoms with E-state index in [1.54, 1.807) is 0 Å². The Morgan fingerprint density at radius 3 is 2.80 bits per heavy atom. The molecule has 2 unspecified atom stereocenters. The minimum absolute atomic E-state index is 0.281. The highest BCUT2D eigenvalue weighted by atomic mass is 35.5. The van der Waals surface area contributed by atoms with Crippen LogP contribution >= 0.6 is 23.2 Å². The third kappa shape index (κ3) is 1.82. The molecule has 2 nitrogen and oxygen atoms in total. The molecule has 0 aromatic heterocycles. The first-order chi connectivity index (χ1) is 7.15. The second-order valence-corrected chi connectivity index (χ2v) is 4.62. The molecule has 0 amide bonds. The van der Waals surface area contributed by atoms with E-state index in [1.807, 2.05) is 19.2 Å². The lowest BCUT2D eigenvalue weighted by atomic mass is 9.92. The van der Waals surface area contributed by atoms with E-state index in [4.69, 9.17) is 27.9 Å². The van der Waals surface area contributed by atoms with Gasteiger partial charge in [0.15, 0.2) is 0 Å². The molecular formula is C11H13Cl2NO. The van der Waals surface area contributed by atoms with Crippen LogP contribution in [0.4, 0.5) is 0 Å². The van der Waals surface area contributed by atoms with Crippen LogP contribution in [-0.4, -0.2) is 13.7 Å². The second-order valence-electron chi connectivity index (χ2n) is 3.83. The van der Waals surface area contributed by atoms with E-state index < -0.39 is 0 Å². The number of ether oxygens (including phenoxy) is 1. The van der Waals surface area contributed by atoms with E-state index in [-0.39, 0.29) is 6.04 Å². The predicted octanol–water partition coefficient (Wildman–Crippen LogP) is 3.28. The first-order valence-electron chi connectivity index (χ1n) is 4.93. The summed E-state index contributed by atoms with van der Waals surface area (Å²) in [5, 5.41) is 4.33. The van der Waals surface area contributed by atoms with E-state index in [1.165, 1.54) is 0 Å². The summed E-state index contributed by atoms with van der Waals surface area (Å²) in [6, 6.07) is 4.07. The van der Waals surface area contributed by atoms with Crippen molar-refractivity contribution in [3.8, 4) is 5.75 Å². The first kappa shape index (κ1) is 11.1. The number of hydrogen-bond acceptors (Lipinski definition) is 2. The molecule has 82 valence electrons. The van der Waals surface area contributed by atoms with Gasteiger partial charge in [-0.25, -0.2) is 0 Å². The fraction of sp³-hybridized carbons (Fsp3) is 0.455. The summed E-state index contributed by atoms with van der Waals surface area (Å²) in [5.74, 6) is 1.15. The third-order valence-corrected chi connectivity index (χ3v) is 3.57. The number of nitrogens with one attached hydrogen (secondary N) is 1. The molecule has 2 rings (SSSR count). The maximum Gasteiger partial charge on any atom is 0.144 e. The highest BCUT2D eigenvalue weighted by molar-refractivity contribution is 6.43. The van der Waals surface area contributed by atoms with Crippen LogP contribution < -0.4 is 10.1 Å². The summed E-state index contributed by atoms with van der Waals surface area (Å²) in [4.78, 5) is 0. The maximum absolute atomic E-state index is 6.10. The van der Waals surface area contributed by atoms with Crippen LogP contribution in [0.5, 0.6) is 5.75 Å². The Kier molecular flexibility index (Phi) is 3.10. The molecule has 1 aromatic carbocycles. The topological polar surface area (TPSA) is 21.3 Å². The SMILES string of the molecule is CNC1c2ccc(Cl)c(Cl)c2OCC1C. The number of fused-ring (bicyclic) bond motifs is 1. The van der Waals surface area contributed by atoms with Gasteiger partial charge in [-0.1, -0.05) is 36.2 Å². The van der Waals surface area contributed by atoms with Crippen LogP contribution in [0.2, 0.25) is 10.0 Å². The van der Waals surface area contributed by atoms with Gasteiger partial charge in [-0.2, -0.15) is 0 Å². The van der Waals surface area contributed by atoms with Gasteiger partial charge in [0.05, 0.1) is 11.6 Å². The Balaban J connectivity index is 2.51. The molecule has 0 fully saturated rings. The highest BCUT2D eigenvalue weighted by Gasteiger charge is 2.28. The molecule has 0 saturated carbocycles. The van der Waals surface area contributed by atoms with Crippen molar-refractivity contribution >= 4 is 23.2 Å². The largest absolute Gasteiger partial charge is 0.491 e. The lowest BCUT2D eigenvalue weighted by Crippen LogP contribution is -2.31. The summed E-state index contributed by atoms with van der Waals surface area (Å²) in [6.45, 7) is 2.81. The van der Waals surface area contributed by atoms with Crippen LogP contribution in [0.25, 0.3) is 0 Å². The van der Waals surface area contributed by atoms with E-state index in [2.05, 4.69) is 12.2 Å². The fourth-order valence-corrected chi connectivity index (χ4v) is 2.37. The summed E-state index contributed by atoms with van der Waals surface area (Å²) in [7, 11) is 1.94. The van der Waals surface area contributed by atoms with E-state index in [0.29, 0.717) is 22.6 Å². The molecule has 0 aliphatic carbocycles. The molecule has 0 bridgehead atoms. The molecule has 1 aliphatic rings. The van der Waals surface area contributed by atoms with Gasteiger partial charge in [0.25, 0.3) is 0 Å². The standard InChI is InChI=1S/C11H13Cl2NO/c1-6-5-15-11-7(10(6)14-2)3-4-8(12)9(11)13/h3-4,6,10,14H,5H2,1-2H3. The average Bonchev–Trinajstić information content (AvgIpc) is 2.23. The van der Waals surface area contributed by atoms with Gasteiger partial charge in [-0.05, 0) is 13.1 Å². The van der Waals surface area contributed by atoms with E-state index in [0.717, 1.165) is 11.3 Å². The van der Waals surface area contributed by atoms with Crippen molar-refractivity contribution < 1.29 is 4.74 Å². The van der Waals surface area contributed by atoms with Gasteiger partial charge in [0.1, 0.15) is 10.8 Å². The van der Waals surface area contributed by atoms with Crippen molar-refractivity contribution in [3.63, 3.8) is 0 Å². The van der Waals surface area contributed by atoms with E-state index in [9.17, 15) is 0 Å². The van der Waals surface area contributed by atoms with Crippen molar-refractivity contribution in [1.82, 2.24) is 5.32 Å². The minimum atomic E-state index is 0.281. The molecule has 4 heteroatoms. The van der Waals surface area contributed by atoms with Crippen molar-refractivity contribution in [1.29, 1.82) is 0 Å². The second kappa shape index (κ2) is 4.20. The van der Waals surface area contributed by atoms with Gasteiger partial charge in [0.2, 0.25) is 0 Å². The number of halogens is 2. The van der Waals surface area contributed by atoms with Gasteiger partial charge < -0.3 is 10.1 Å². The maximum atomic E-state index is 6.10. The van der Waals surface area contributed by atoms with Crippen LogP contribution in [0.1, 0.15) is 18.5 Å². The highest BCUT2D eigenvalue weighted by Crippen LogP contribution is 2.42. The monoisotopic (exact) mass is 245 g/mol. The zero-order chi connectivity index (χ0) is 11.0. The summed E-state index contributed by atoms with van der Waals surface area (Å²) in [5.41, 5.74) is 1.09.